The summed E-state index contributed by atoms with van der Waals surface area (Å²) in [6.07, 6.45) is 0. The minimum Gasteiger partial charge on any atom is -0.350 e. The standard InChI is InChI=1S/C12H15BrN2OS/c1-3-15(4-2)12(17)14-11(16)9-7-5-6-8-10(9)13/h5-8H,3-4H2,1-2H3,(H,14,16,17). The molecule has 5 heteroatoms. The summed E-state index contributed by atoms with van der Waals surface area (Å²) in [7, 11) is 0. The summed E-state index contributed by atoms with van der Waals surface area (Å²) in [4.78, 5) is 13.9. The number of amides is 1. The highest BCUT2D eigenvalue weighted by Crippen LogP contribution is 2.15. The molecule has 1 N–H and O–H groups in total. The molecule has 0 saturated carbocycles. The van der Waals surface area contributed by atoms with E-state index in [0.717, 1.165) is 17.6 Å². The van der Waals surface area contributed by atoms with Gasteiger partial charge in [0.2, 0.25) is 0 Å². The zero-order valence-corrected chi connectivity index (χ0v) is 12.3. The van der Waals surface area contributed by atoms with Gasteiger partial charge in [-0.25, -0.2) is 0 Å². The molecule has 0 spiro atoms. The summed E-state index contributed by atoms with van der Waals surface area (Å²) < 4.78 is 0.764. The van der Waals surface area contributed by atoms with E-state index in [1.54, 1.807) is 6.07 Å². The maximum Gasteiger partial charge on any atom is 0.258 e. The number of benzene rings is 1. The first kappa shape index (κ1) is 14.1. The van der Waals surface area contributed by atoms with Crippen LogP contribution in [-0.2, 0) is 0 Å². The Hall–Kier alpha value is -0.940. The molecule has 0 unspecified atom stereocenters. The first-order valence-corrected chi connectivity index (χ1v) is 6.65. The van der Waals surface area contributed by atoms with Crippen LogP contribution in [0.2, 0.25) is 0 Å². The third-order valence-electron chi connectivity index (χ3n) is 2.39. The van der Waals surface area contributed by atoms with E-state index in [0.29, 0.717) is 10.7 Å². The molecule has 0 aliphatic rings. The molecular weight excluding hydrogens is 300 g/mol. The van der Waals surface area contributed by atoms with Gasteiger partial charge in [0.25, 0.3) is 5.91 Å². The van der Waals surface area contributed by atoms with Gasteiger partial charge in [0, 0.05) is 17.6 Å². The van der Waals surface area contributed by atoms with Gasteiger partial charge in [0.15, 0.2) is 5.11 Å². The Morgan fingerprint density at radius 2 is 1.94 bits per heavy atom. The highest BCUT2D eigenvalue weighted by Gasteiger charge is 2.13. The molecule has 1 rings (SSSR count). The first-order valence-electron chi connectivity index (χ1n) is 5.44. The molecule has 1 amide bonds. The van der Waals surface area contributed by atoms with Gasteiger partial charge in [-0.3, -0.25) is 10.1 Å². The van der Waals surface area contributed by atoms with E-state index < -0.39 is 0 Å². The van der Waals surface area contributed by atoms with Gasteiger partial charge >= 0.3 is 0 Å². The van der Waals surface area contributed by atoms with Crippen molar-refractivity contribution in [1.82, 2.24) is 10.2 Å². The fraction of sp³-hybridized carbons (Fsp3) is 0.333. The monoisotopic (exact) mass is 314 g/mol. The predicted octanol–water partition coefficient (Wildman–Crippen LogP) is 2.81. The maximum absolute atomic E-state index is 12.0. The fourth-order valence-electron chi connectivity index (χ4n) is 1.40. The molecule has 17 heavy (non-hydrogen) atoms. The van der Waals surface area contributed by atoms with Gasteiger partial charge in [-0.1, -0.05) is 12.1 Å². The summed E-state index contributed by atoms with van der Waals surface area (Å²) in [6, 6.07) is 7.27. The van der Waals surface area contributed by atoms with Crippen molar-refractivity contribution in [3.8, 4) is 0 Å². The summed E-state index contributed by atoms with van der Waals surface area (Å²) >= 11 is 8.51. The number of thiocarbonyl (C=S) groups is 1. The van der Waals surface area contributed by atoms with Crippen molar-refractivity contribution in [2.24, 2.45) is 0 Å². The number of rotatable bonds is 3. The molecular formula is C12H15BrN2OS. The third-order valence-corrected chi connectivity index (χ3v) is 3.44. The smallest absolute Gasteiger partial charge is 0.258 e. The lowest BCUT2D eigenvalue weighted by molar-refractivity contribution is 0.0973. The van der Waals surface area contributed by atoms with Crippen molar-refractivity contribution in [1.29, 1.82) is 0 Å². The molecule has 0 atom stereocenters. The van der Waals surface area contributed by atoms with E-state index in [1.807, 2.05) is 36.9 Å². The minimum absolute atomic E-state index is 0.186. The topological polar surface area (TPSA) is 32.3 Å². The van der Waals surface area contributed by atoms with Gasteiger partial charge in [0.1, 0.15) is 0 Å². The quantitative estimate of drug-likeness (QED) is 0.871. The number of carbonyl (C=O) groups excluding carboxylic acids is 1. The average molecular weight is 315 g/mol. The lowest BCUT2D eigenvalue weighted by Gasteiger charge is -2.21. The molecule has 92 valence electrons. The molecule has 1 aromatic rings. The minimum atomic E-state index is -0.186. The summed E-state index contributed by atoms with van der Waals surface area (Å²) in [5.74, 6) is -0.186. The van der Waals surface area contributed by atoms with Gasteiger partial charge in [-0.2, -0.15) is 0 Å². The highest BCUT2D eigenvalue weighted by atomic mass is 79.9. The van der Waals surface area contributed by atoms with Crippen molar-refractivity contribution >= 4 is 39.2 Å². The van der Waals surface area contributed by atoms with Crippen LogP contribution in [0.3, 0.4) is 0 Å². The van der Waals surface area contributed by atoms with Crippen LogP contribution in [0.1, 0.15) is 24.2 Å². The Bertz CT molecular complexity index is 419. The summed E-state index contributed by atoms with van der Waals surface area (Å²) in [5, 5.41) is 3.20. The molecule has 0 radical (unpaired) electrons. The van der Waals surface area contributed by atoms with Gasteiger partial charge in [-0.05, 0) is 54.1 Å². The Morgan fingerprint density at radius 3 is 2.47 bits per heavy atom. The lowest BCUT2D eigenvalue weighted by Crippen LogP contribution is -2.42. The van der Waals surface area contributed by atoms with Crippen LogP contribution in [0.25, 0.3) is 0 Å². The SMILES string of the molecule is CCN(CC)C(=S)NC(=O)c1ccccc1Br. The van der Waals surface area contributed by atoms with E-state index in [1.165, 1.54) is 0 Å². The second-order valence-corrected chi connectivity index (χ2v) is 4.65. The van der Waals surface area contributed by atoms with Crippen molar-refractivity contribution in [2.45, 2.75) is 13.8 Å². The van der Waals surface area contributed by atoms with Crippen LogP contribution in [0.4, 0.5) is 0 Å². The average Bonchev–Trinajstić information content (AvgIpc) is 2.31. The van der Waals surface area contributed by atoms with E-state index in [9.17, 15) is 4.79 Å². The number of halogens is 1. The van der Waals surface area contributed by atoms with Crippen molar-refractivity contribution in [3.63, 3.8) is 0 Å². The van der Waals surface area contributed by atoms with Gasteiger partial charge in [-0.15, -0.1) is 0 Å². The van der Waals surface area contributed by atoms with Crippen molar-refractivity contribution in [2.75, 3.05) is 13.1 Å². The Kier molecular flexibility index (Phi) is 5.58. The number of hydrogen-bond acceptors (Lipinski definition) is 2. The van der Waals surface area contributed by atoms with Crippen LogP contribution >= 0.6 is 28.1 Å². The van der Waals surface area contributed by atoms with Crippen molar-refractivity contribution in [3.05, 3.63) is 34.3 Å². The fourth-order valence-corrected chi connectivity index (χ4v) is 2.22. The molecule has 0 saturated heterocycles. The molecule has 0 bridgehead atoms. The highest BCUT2D eigenvalue weighted by molar-refractivity contribution is 9.10. The largest absolute Gasteiger partial charge is 0.350 e. The zero-order valence-electron chi connectivity index (χ0n) is 9.87. The van der Waals surface area contributed by atoms with E-state index >= 15 is 0 Å². The van der Waals surface area contributed by atoms with E-state index in [4.69, 9.17) is 12.2 Å². The summed E-state index contributed by atoms with van der Waals surface area (Å²) in [6.45, 7) is 5.57. The first-order chi connectivity index (χ1) is 8.10. The zero-order chi connectivity index (χ0) is 12.8. The van der Waals surface area contributed by atoms with Crippen LogP contribution < -0.4 is 5.32 Å². The Balaban J connectivity index is 2.73. The Labute approximate surface area is 115 Å². The third kappa shape index (κ3) is 3.78. The normalized spacial score (nSPS) is 9.82. The van der Waals surface area contributed by atoms with Crippen LogP contribution in [0.15, 0.2) is 28.7 Å². The number of nitrogens with one attached hydrogen (secondary N) is 1. The molecule has 0 aromatic heterocycles. The molecule has 0 fully saturated rings. The van der Waals surface area contributed by atoms with Crippen LogP contribution in [0.5, 0.6) is 0 Å². The van der Waals surface area contributed by atoms with E-state index in [-0.39, 0.29) is 5.91 Å². The summed E-state index contributed by atoms with van der Waals surface area (Å²) in [5.41, 5.74) is 0.585. The number of hydrogen-bond donors (Lipinski definition) is 1. The van der Waals surface area contributed by atoms with E-state index in [2.05, 4.69) is 21.2 Å². The molecule has 1 aromatic carbocycles. The molecule has 0 heterocycles. The number of nitrogens with zero attached hydrogens (tertiary/aromatic N) is 1. The van der Waals surface area contributed by atoms with Crippen LogP contribution in [-0.4, -0.2) is 29.0 Å². The lowest BCUT2D eigenvalue weighted by atomic mass is 10.2. The second kappa shape index (κ2) is 6.71. The molecule has 0 aliphatic carbocycles. The van der Waals surface area contributed by atoms with Crippen LogP contribution in [0, 0.1) is 0 Å². The second-order valence-electron chi connectivity index (χ2n) is 3.41. The molecule has 3 nitrogen and oxygen atoms in total. The predicted molar refractivity (Wildman–Crippen MR) is 77.1 cm³/mol. The van der Waals surface area contributed by atoms with Gasteiger partial charge in [0.05, 0.1) is 5.56 Å². The van der Waals surface area contributed by atoms with Gasteiger partial charge < -0.3 is 4.90 Å². The maximum atomic E-state index is 12.0. The number of carbonyl (C=O) groups is 1. The molecule has 0 aliphatic heterocycles. The Morgan fingerprint density at radius 1 is 1.35 bits per heavy atom. The van der Waals surface area contributed by atoms with Crippen molar-refractivity contribution < 1.29 is 4.79 Å².